The summed E-state index contributed by atoms with van der Waals surface area (Å²) in [5.41, 5.74) is 9.95. The van der Waals surface area contributed by atoms with E-state index in [4.69, 9.17) is 10.5 Å². The summed E-state index contributed by atoms with van der Waals surface area (Å²) >= 11 is 1.34. The van der Waals surface area contributed by atoms with Crippen molar-refractivity contribution >= 4 is 38.8 Å². The molecule has 1 fully saturated rings. The van der Waals surface area contributed by atoms with Crippen molar-refractivity contribution in [3.05, 3.63) is 46.5 Å². The number of nitrogen functional groups attached to an aromatic ring is 1. The average Bonchev–Trinajstić information content (AvgIpc) is 3.09. The van der Waals surface area contributed by atoms with Crippen molar-refractivity contribution in [1.29, 1.82) is 0 Å². The molecule has 1 amide bonds. The normalized spacial score (nSPS) is 20.9. The van der Waals surface area contributed by atoms with E-state index in [0.717, 1.165) is 53.3 Å². The summed E-state index contributed by atoms with van der Waals surface area (Å²) in [6, 6.07) is 10.6. The molecule has 2 atom stereocenters. The fourth-order valence-electron chi connectivity index (χ4n) is 4.33. The Labute approximate surface area is 185 Å². The molecule has 0 bridgehead atoms. The number of aromatic nitrogens is 1. The molecular formula is C23H27N5O2S. The Hall–Kier alpha value is -2.84. The summed E-state index contributed by atoms with van der Waals surface area (Å²) in [4.78, 5) is 21.1. The predicted octanol–water partition coefficient (Wildman–Crippen LogP) is 2.72. The van der Waals surface area contributed by atoms with Gasteiger partial charge in [0.15, 0.2) is 0 Å². The third-order valence-corrected chi connectivity index (χ3v) is 7.08. The van der Waals surface area contributed by atoms with E-state index in [0.29, 0.717) is 23.2 Å². The molecule has 0 unspecified atom stereocenters. The van der Waals surface area contributed by atoms with Crippen LogP contribution in [0, 0.1) is 6.92 Å². The number of pyridine rings is 1. The SMILES string of the molecule is Cc1ccc2c(N)c(C(=O)N[C@H]3COc4cc(N5CCN[C@H](C)C5)ccc4C3)sc2n1. The number of ether oxygens (including phenoxy) is 1. The van der Waals surface area contributed by atoms with Crippen molar-refractivity contribution in [2.75, 3.05) is 36.9 Å². The summed E-state index contributed by atoms with van der Waals surface area (Å²) in [6.45, 7) is 7.55. The van der Waals surface area contributed by atoms with Gasteiger partial charge >= 0.3 is 0 Å². The van der Waals surface area contributed by atoms with Gasteiger partial charge in [0.05, 0.1) is 11.7 Å². The van der Waals surface area contributed by atoms with Crippen LogP contribution in [0.4, 0.5) is 11.4 Å². The molecule has 5 rings (SSSR count). The minimum Gasteiger partial charge on any atom is -0.491 e. The topological polar surface area (TPSA) is 92.5 Å². The minimum atomic E-state index is -0.165. The first-order valence-electron chi connectivity index (χ1n) is 10.7. The summed E-state index contributed by atoms with van der Waals surface area (Å²) in [5, 5.41) is 7.40. The molecule has 0 radical (unpaired) electrons. The molecule has 7 nitrogen and oxygen atoms in total. The number of nitrogens with zero attached hydrogens (tertiary/aromatic N) is 2. The smallest absolute Gasteiger partial charge is 0.263 e. The van der Waals surface area contributed by atoms with Crippen LogP contribution in [0.3, 0.4) is 0 Å². The lowest BCUT2D eigenvalue weighted by molar-refractivity contribution is 0.0920. The molecule has 1 aromatic carbocycles. The number of amides is 1. The van der Waals surface area contributed by atoms with Crippen molar-refractivity contribution < 1.29 is 9.53 Å². The van der Waals surface area contributed by atoms with E-state index in [-0.39, 0.29) is 11.9 Å². The standard InChI is InChI=1S/C23H27N5O2S/c1-13-3-6-18-20(24)21(31-23(18)26-13)22(29)27-16-9-15-4-5-17(10-19(15)30-12-16)28-8-7-25-14(2)11-28/h3-6,10,14,16,25H,7-9,11-12,24H2,1-2H3,(H,27,29)/t14-,16-/m1/s1. The van der Waals surface area contributed by atoms with Crippen molar-refractivity contribution in [1.82, 2.24) is 15.6 Å². The van der Waals surface area contributed by atoms with E-state index in [9.17, 15) is 4.79 Å². The number of hydrogen-bond acceptors (Lipinski definition) is 7. The highest BCUT2D eigenvalue weighted by Crippen LogP contribution is 2.33. The Morgan fingerprint density at radius 3 is 3.06 bits per heavy atom. The maximum absolute atomic E-state index is 12.9. The molecule has 2 aliphatic heterocycles. The number of nitrogens with two attached hydrogens (primary N) is 1. The van der Waals surface area contributed by atoms with Crippen LogP contribution in [0.5, 0.6) is 5.75 Å². The molecule has 3 aromatic rings. The highest BCUT2D eigenvalue weighted by atomic mass is 32.1. The third kappa shape index (κ3) is 3.93. The molecule has 0 saturated carbocycles. The highest BCUT2D eigenvalue weighted by molar-refractivity contribution is 7.21. The van der Waals surface area contributed by atoms with Crippen molar-refractivity contribution in [3.63, 3.8) is 0 Å². The van der Waals surface area contributed by atoms with E-state index in [1.807, 2.05) is 19.1 Å². The van der Waals surface area contributed by atoms with Crippen LogP contribution >= 0.6 is 11.3 Å². The zero-order valence-electron chi connectivity index (χ0n) is 17.8. The molecule has 4 N–H and O–H groups in total. The van der Waals surface area contributed by atoms with Crippen molar-refractivity contribution in [2.24, 2.45) is 0 Å². The summed E-state index contributed by atoms with van der Waals surface area (Å²) in [5.74, 6) is 0.747. The molecule has 4 heterocycles. The summed E-state index contributed by atoms with van der Waals surface area (Å²) in [7, 11) is 0. The predicted molar refractivity (Wildman–Crippen MR) is 125 cm³/mol. The fraction of sp³-hybridized carbons (Fsp3) is 0.391. The van der Waals surface area contributed by atoms with E-state index in [2.05, 4.69) is 45.6 Å². The number of nitrogens with one attached hydrogen (secondary N) is 2. The monoisotopic (exact) mass is 437 g/mol. The van der Waals surface area contributed by atoms with Gasteiger partial charge in [-0.3, -0.25) is 4.79 Å². The number of rotatable bonds is 3. The van der Waals surface area contributed by atoms with Gasteiger partial charge in [0.1, 0.15) is 22.1 Å². The van der Waals surface area contributed by atoms with Crippen LogP contribution in [0.25, 0.3) is 10.2 Å². The maximum Gasteiger partial charge on any atom is 0.263 e. The van der Waals surface area contributed by atoms with Gasteiger partial charge in [0.2, 0.25) is 0 Å². The lowest BCUT2D eigenvalue weighted by Crippen LogP contribution is -2.49. The van der Waals surface area contributed by atoms with E-state index in [1.165, 1.54) is 17.0 Å². The molecule has 162 valence electrons. The van der Waals surface area contributed by atoms with Crippen LogP contribution in [-0.2, 0) is 6.42 Å². The number of piperazine rings is 1. The number of aryl methyl sites for hydroxylation is 1. The van der Waals surface area contributed by atoms with Gasteiger partial charge in [-0.05, 0) is 44.0 Å². The Kier molecular flexibility index (Phi) is 5.19. The highest BCUT2D eigenvalue weighted by Gasteiger charge is 2.26. The molecule has 2 aliphatic rings. The third-order valence-electron chi connectivity index (χ3n) is 5.97. The summed E-state index contributed by atoms with van der Waals surface area (Å²) in [6.07, 6.45) is 0.738. The quantitative estimate of drug-likeness (QED) is 0.584. The molecule has 2 aromatic heterocycles. The second kappa shape index (κ2) is 8.01. The number of carbonyl (C=O) groups is 1. The largest absolute Gasteiger partial charge is 0.491 e. The molecular weight excluding hydrogens is 410 g/mol. The van der Waals surface area contributed by atoms with Gasteiger partial charge in [-0.25, -0.2) is 4.98 Å². The average molecular weight is 438 g/mol. The fourth-order valence-corrected chi connectivity index (χ4v) is 5.37. The second-order valence-electron chi connectivity index (χ2n) is 8.43. The zero-order chi connectivity index (χ0) is 21.5. The Morgan fingerprint density at radius 1 is 1.35 bits per heavy atom. The maximum atomic E-state index is 12.9. The van der Waals surface area contributed by atoms with E-state index in [1.54, 1.807) is 0 Å². The molecule has 0 spiro atoms. The molecule has 31 heavy (non-hydrogen) atoms. The number of carbonyl (C=O) groups excluding carboxylic acids is 1. The first-order valence-corrected chi connectivity index (χ1v) is 11.5. The number of anilines is 2. The Balaban J connectivity index is 1.29. The molecule has 8 heteroatoms. The van der Waals surface area contributed by atoms with Gasteiger partial charge in [-0.1, -0.05) is 6.07 Å². The Morgan fingerprint density at radius 2 is 2.23 bits per heavy atom. The van der Waals surface area contributed by atoms with Gasteiger partial charge in [-0.2, -0.15) is 0 Å². The second-order valence-corrected chi connectivity index (χ2v) is 9.43. The van der Waals surface area contributed by atoms with Gasteiger partial charge in [0, 0.05) is 48.5 Å². The molecule has 1 saturated heterocycles. The lowest BCUT2D eigenvalue weighted by atomic mass is 10.0. The van der Waals surface area contributed by atoms with E-state index >= 15 is 0 Å². The van der Waals surface area contributed by atoms with Crippen molar-refractivity contribution in [2.45, 2.75) is 32.4 Å². The van der Waals surface area contributed by atoms with Crippen LogP contribution in [0.15, 0.2) is 30.3 Å². The van der Waals surface area contributed by atoms with Crippen molar-refractivity contribution in [3.8, 4) is 5.75 Å². The Bertz CT molecular complexity index is 1140. The van der Waals surface area contributed by atoms with Gasteiger partial charge in [-0.15, -0.1) is 11.3 Å². The number of fused-ring (bicyclic) bond motifs is 2. The van der Waals surface area contributed by atoms with Gasteiger partial charge in [0.25, 0.3) is 5.91 Å². The first kappa shape index (κ1) is 20.1. The van der Waals surface area contributed by atoms with Crippen LogP contribution < -0.4 is 26.0 Å². The number of hydrogen-bond donors (Lipinski definition) is 3. The number of benzene rings is 1. The van der Waals surface area contributed by atoms with E-state index < -0.39 is 0 Å². The summed E-state index contributed by atoms with van der Waals surface area (Å²) < 4.78 is 6.04. The lowest BCUT2D eigenvalue weighted by Gasteiger charge is -2.34. The molecule has 0 aliphatic carbocycles. The first-order chi connectivity index (χ1) is 15.0. The zero-order valence-corrected chi connectivity index (χ0v) is 18.6. The number of thiophene rings is 1. The van der Waals surface area contributed by atoms with Crippen LogP contribution in [0.2, 0.25) is 0 Å². The van der Waals surface area contributed by atoms with Gasteiger partial charge < -0.3 is 26.0 Å². The minimum absolute atomic E-state index is 0.0932. The van der Waals surface area contributed by atoms with Crippen LogP contribution in [0.1, 0.15) is 27.9 Å². The van der Waals surface area contributed by atoms with Crippen LogP contribution in [-0.4, -0.2) is 49.2 Å².